The van der Waals surface area contributed by atoms with Gasteiger partial charge in [-0.2, -0.15) is 0 Å². The first-order valence-electron chi connectivity index (χ1n) is 9.85. The smallest absolute Gasteiger partial charge is 0.338 e. The maximum Gasteiger partial charge on any atom is 0.338 e. The number of esters is 1. The van der Waals surface area contributed by atoms with Crippen molar-refractivity contribution in [3.63, 3.8) is 0 Å². The third-order valence-corrected chi connectivity index (χ3v) is 5.21. The largest absolute Gasteiger partial charge is 0.462 e. The Bertz CT molecular complexity index is 1040. The Kier molecular flexibility index (Phi) is 7.16. The molecule has 2 aromatic rings. The highest BCUT2D eigenvalue weighted by Gasteiger charge is 2.42. The quantitative estimate of drug-likeness (QED) is 0.486. The number of hydrogen-bond donors (Lipinski definition) is 2. The average molecular weight is 455 g/mol. The molecule has 1 atom stereocenters. The molecule has 2 N–H and O–H groups in total. The van der Waals surface area contributed by atoms with Gasteiger partial charge in [0.25, 0.3) is 11.8 Å². The molecule has 1 aliphatic heterocycles. The lowest BCUT2D eigenvalue weighted by Crippen LogP contribution is -2.49. The summed E-state index contributed by atoms with van der Waals surface area (Å²) in [4.78, 5) is 50.7. The number of amides is 3. The van der Waals surface area contributed by atoms with E-state index in [9.17, 15) is 19.2 Å². The zero-order valence-electron chi connectivity index (χ0n) is 17.5. The second-order valence-electron chi connectivity index (χ2n) is 6.92. The van der Waals surface area contributed by atoms with E-state index in [2.05, 4.69) is 10.7 Å². The number of hydrazine groups is 1. The Morgan fingerprint density at radius 3 is 2.31 bits per heavy atom. The molecule has 3 amide bonds. The molecule has 0 bridgehead atoms. The van der Waals surface area contributed by atoms with Gasteiger partial charge in [-0.15, -0.1) is 0 Å². The summed E-state index contributed by atoms with van der Waals surface area (Å²) in [6.45, 7) is 1.98. The standard InChI is InChI=1S/C22H22N4O5S/c1-3-31-21(30)15-9-11-16(12-10-15)23-18(27)13-17-20(29)25(2)22(32)26(17)24-19(28)14-7-5-4-6-8-14/h4-12,17H,3,13H2,1-2H3,(H,23,27)(H,24,28). The molecule has 9 nitrogen and oxygen atoms in total. The van der Waals surface area contributed by atoms with Gasteiger partial charge in [0.2, 0.25) is 5.91 Å². The minimum Gasteiger partial charge on any atom is -0.462 e. The number of anilines is 1. The summed E-state index contributed by atoms with van der Waals surface area (Å²) in [5.74, 6) is -1.76. The van der Waals surface area contributed by atoms with Gasteiger partial charge < -0.3 is 10.1 Å². The van der Waals surface area contributed by atoms with Crippen LogP contribution in [0.1, 0.15) is 34.1 Å². The van der Waals surface area contributed by atoms with Crippen LogP contribution < -0.4 is 10.7 Å². The van der Waals surface area contributed by atoms with Gasteiger partial charge in [-0.25, -0.2) is 9.80 Å². The minimum atomic E-state index is -0.987. The SMILES string of the molecule is CCOC(=O)c1ccc(NC(=O)CC2C(=O)N(C)C(=S)N2NC(=O)c2ccccc2)cc1. The third-order valence-electron chi connectivity index (χ3n) is 4.74. The van der Waals surface area contributed by atoms with Crippen molar-refractivity contribution in [1.82, 2.24) is 15.3 Å². The first-order valence-corrected chi connectivity index (χ1v) is 10.3. The highest BCUT2D eigenvalue weighted by Crippen LogP contribution is 2.19. The van der Waals surface area contributed by atoms with Crippen molar-refractivity contribution in [2.75, 3.05) is 19.0 Å². The van der Waals surface area contributed by atoms with Crippen LogP contribution >= 0.6 is 12.2 Å². The molecule has 2 aromatic carbocycles. The summed E-state index contributed by atoms with van der Waals surface area (Å²) in [5, 5.41) is 4.00. The van der Waals surface area contributed by atoms with E-state index in [1.807, 2.05) is 0 Å². The van der Waals surface area contributed by atoms with Gasteiger partial charge >= 0.3 is 5.97 Å². The van der Waals surface area contributed by atoms with Crippen molar-refractivity contribution >= 4 is 46.7 Å². The lowest BCUT2D eigenvalue weighted by molar-refractivity contribution is -0.130. The number of rotatable bonds is 7. The summed E-state index contributed by atoms with van der Waals surface area (Å²) in [6, 6.07) is 13.7. The average Bonchev–Trinajstić information content (AvgIpc) is 2.98. The van der Waals surface area contributed by atoms with Gasteiger partial charge in [-0.3, -0.25) is 24.7 Å². The van der Waals surface area contributed by atoms with E-state index < -0.39 is 29.7 Å². The molecule has 1 aliphatic rings. The van der Waals surface area contributed by atoms with Crippen LogP contribution in [-0.2, 0) is 14.3 Å². The molecule has 166 valence electrons. The van der Waals surface area contributed by atoms with Crippen LogP contribution in [0.5, 0.6) is 0 Å². The number of carbonyl (C=O) groups is 4. The lowest BCUT2D eigenvalue weighted by Gasteiger charge is -2.24. The van der Waals surface area contributed by atoms with Gasteiger partial charge in [-0.05, 0) is 55.5 Å². The highest BCUT2D eigenvalue weighted by molar-refractivity contribution is 7.80. The molecule has 3 rings (SSSR count). The summed E-state index contributed by atoms with van der Waals surface area (Å²) in [7, 11) is 1.48. The van der Waals surface area contributed by atoms with Crippen molar-refractivity contribution < 1.29 is 23.9 Å². The Balaban J connectivity index is 1.67. The predicted molar refractivity (Wildman–Crippen MR) is 121 cm³/mol. The van der Waals surface area contributed by atoms with Crippen LogP contribution in [0.4, 0.5) is 5.69 Å². The molecule has 1 fully saturated rings. The van der Waals surface area contributed by atoms with E-state index in [0.717, 1.165) is 0 Å². The number of thiocarbonyl (C=S) groups is 1. The van der Waals surface area contributed by atoms with Crippen molar-refractivity contribution in [2.24, 2.45) is 0 Å². The van der Waals surface area contributed by atoms with Crippen molar-refractivity contribution in [3.8, 4) is 0 Å². The summed E-state index contributed by atoms with van der Waals surface area (Å²) in [5.41, 5.74) is 3.81. The maximum atomic E-state index is 12.6. The second kappa shape index (κ2) is 10.0. The molecule has 0 spiro atoms. The van der Waals surface area contributed by atoms with E-state index in [1.165, 1.54) is 29.1 Å². The van der Waals surface area contributed by atoms with E-state index in [1.54, 1.807) is 49.4 Å². The number of carbonyl (C=O) groups excluding carboxylic acids is 4. The number of nitrogens with one attached hydrogen (secondary N) is 2. The second-order valence-corrected chi connectivity index (χ2v) is 7.29. The Hall–Kier alpha value is -3.79. The molecule has 0 radical (unpaired) electrons. The molecular weight excluding hydrogens is 432 g/mol. The number of nitrogens with zero attached hydrogens (tertiary/aromatic N) is 2. The Morgan fingerprint density at radius 1 is 1.03 bits per heavy atom. The monoisotopic (exact) mass is 454 g/mol. The fourth-order valence-corrected chi connectivity index (χ4v) is 3.35. The van der Waals surface area contributed by atoms with Crippen LogP contribution in [0.25, 0.3) is 0 Å². The molecular formula is C22H22N4O5S. The molecule has 1 saturated heterocycles. The predicted octanol–water partition coefficient (Wildman–Crippen LogP) is 1.96. The fraction of sp³-hybridized carbons (Fsp3) is 0.227. The number of likely N-dealkylation sites (N-methyl/N-ethyl adjacent to an activating group) is 1. The van der Waals surface area contributed by atoms with Crippen LogP contribution in [0.2, 0.25) is 0 Å². The lowest BCUT2D eigenvalue weighted by atomic mass is 10.1. The van der Waals surface area contributed by atoms with E-state index in [0.29, 0.717) is 16.8 Å². The minimum absolute atomic E-state index is 0.0934. The van der Waals surface area contributed by atoms with Gasteiger partial charge in [0.15, 0.2) is 5.11 Å². The van der Waals surface area contributed by atoms with Crippen molar-refractivity contribution in [2.45, 2.75) is 19.4 Å². The summed E-state index contributed by atoms with van der Waals surface area (Å²) in [6.07, 6.45) is -0.238. The van der Waals surface area contributed by atoms with Crippen molar-refractivity contribution in [1.29, 1.82) is 0 Å². The number of ether oxygens (including phenoxy) is 1. The van der Waals surface area contributed by atoms with Gasteiger partial charge in [-0.1, -0.05) is 18.2 Å². The maximum absolute atomic E-state index is 12.6. The van der Waals surface area contributed by atoms with Crippen LogP contribution in [0, 0.1) is 0 Å². The van der Waals surface area contributed by atoms with E-state index in [-0.39, 0.29) is 18.1 Å². The topological polar surface area (TPSA) is 108 Å². The molecule has 32 heavy (non-hydrogen) atoms. The van der Waals surface area contributed by atoms with Gasteiger partial charge in [0.1, 0.15) is 6.04 Å². The molecule has 0 aromatic heterocycles. The molecule has 1 unspecified atom stereocenters. The zero-order valence-corrected chi connectivity index (χ0v) is 18.3. The Morgan fingerprint density at radius 2 is 1.69 bits per heavy atom. The summed E-state index contributed by atoms with van der Waals surface area (Å²) < 4.78 is 4.92. The van der Waals surface area contributed by atoms with E-state index in [4.69, 9.17) is 17.0 Å². The zero-order chi connectivity index (χ0) is 23.3. The van der Waals surface area contributed by atoms with E-state index >= 15 is 0 Å². The number of benzene rings is 2. The Labute approximate surface area is 190 Å². The number of hydrogen-bond acceptors (Lipinski definition) is 6. The van der Waals surface area contributed by atoms with Crippen LogP contribution in [-0.4, -0.2) is 58.4 Å². The van der Waals surface area contributed by atoms with Crippen molar-refractivity contribution in [3.05, 3.63) is 65.7 Å². The molecule has 1 heterocycles. The normalized spacial score (nSPS) is 15.5. The highest BCUT2D eigenvalue weighted by atomic mass is 32.1. The van der Waals surface area contributed by atoms with Gasteiger partial charge in [0, 0.05) is 18.3 Å². The first kappa shape index (κ1) is 22.9. The molecule has 0 saturated carbocycles. The third kappa shape index (κ3) is 5.09. The molecule has 10 heteroatoms. The fourth-order valence-electron chi connectivity index (χ4n) is 3.08. The first-order chi connectivity index (χ1) is 15.3. The van der Waals surface area contributed by atoms with Crippen LogP contribution in [0.15, 0.2) is 54.6 Å². The summed E-state index contributed by atoms with van der Waals surface area (Å²) >= 11 is 5.27. The van der Waals surface area contributed by atoms with Crippen LogP contribution in [0.3, 0.4) is 0 Å². The molecule has 0 aliphatic carbocycles. The van der Waals surface area contributed by atoms with Gasteiger partial charge in [0.05, 0.1) is 18.6 Å².